The molecule has 1 aromatic heterocycles. The van der Waals surface area contributed by atoms with Crippen LogP contribution in [0.1, 0.15) is 65.5 Å². The fourth-order valence-corrected chi connectivity index (χ4v) is 3.68. The number of hydrogen-bond donors (Lipinski definition) is 0. The second-order valence-electron chi connectivity index (χ2n) is 7.90. The summed E-state index contributed by atoms with van der Waals surface area (Å²) in [5, 5.41) is 0. The van der Waals surface area contributed by atoms with Gasteiger partial charge in [0, 0.05) is 18.9 Å². The van der Waals surface area contributed by atoms with Crippen molar-refractivity contribution >= 4 is 23.3 Å². The highest BCUT2D eigenvalue weighted by Crippen LogP contribution is 2.31. The van der Waals surface area contributed by atoms with E-state index in [1.54, 1.807) is 0 Å². The fraction of sp³-hybridized carbons (Fsp3) is 0.750. The van der Waals surface area contributed by atoms with Gasteiger partial charge < -0.3 is 9.47 Å². The first kappa shape index (κ1) is 21.8. The second kappa shape index (κ2) is 10.2. The average molecular weight is 397 g/mol. The van der Waals surface area contributed by atoms with E-state index in [0.717, 1.165) is 37.2 Å². The Morgan fingerprint density at radius 2 is 2.04 bits per heavy atom. The van der Waals surface area contributed by atoms with Crippen molar-refractivity contribution in [3.05, 3.63) is 11.8 Å². The van der Waals surface area contributed by atoms with Crippen molar-refractivity contribution in [2.75, 3.05) is 26.7 Å². The number of rotatable bonds is 10. The number of unbranched alkanes of at least 4 members (excludes halogenated alkanes) is 3. The molecule has 7 heteroatoms. The van der Waals surface area contributed by atoms with E-state index in [9.17, 15) is 4.79 Å². The van der Waals surface area contributed by atoms with E-state index < -0.39 is 0 Å². The number of carbonyl (C=O) groups is 1. The third-order valence-corrected chi connectivity index (χ3v) is 5.71. The highest BCUT2D eigenvalue weighted by Gasteiger charge is 2.37. The summed E-state index contributed by atoms with van der Waals surface area (Å²) in [5.74, 6) is 0.377. The molecular weight excluding hydrogens is 362 g/mol. The van der Waals surface area contributed by atoms with Crippen LogP contribution in [-0.4, -0.2) is 52.2 Å². The summed E-state index contributed by atoms with van der Waals surface area (Å²) in [6.45, 7) is 10.3. The Labute approximate surface area is 167 Å². The summed E-state index contributed by atoms with van der Waals surface area (Å²) in [5.41, 5.74) is 1.98. The molecule has 0 saturated carbocycles. The van der Waals surface area contributed by atoms with Crippen molar-refractivity contribution in [3.8, 4) is 5.88 Å². The summed E-state index contributed by atoms with van der Waals surface area (Å²) >= 11 is 1.19. The van der Waals surface area contributed by atoms with E-state index in [1.807, 2.05) is 20.8 Å². The third-order valence-electron chi connectivity index (χ3n) is 5.20. The van der Waals surface area contributed by atoms with Crippen LogP contribution in [0.2, 0.25) is 0 Å². The maximum absolute atomic E-state index is 12.0. The molecule has 0 saturated heterocycles. The Morgan fingerprint density at radius 1 is 1.26 bits per heavy atom. The van der Waals surface area contributed by atoms with E-state index in [0.29, 0.717) is 17.0 Å². The molecule has 1 aliphatic heterocycles. The molecule has 0 N–H and O–H groups in total. The van der Waals surface area contributed by atoms with Crippen LogP contribution in [0, 0.1) is 5.92 Å². The van der Waals surface area contributed by atoms with Gasteiger partial charge in [-0.25, -0.2) is 0 Å². The average Bonchev–Trinajstić information content (AvgIpc) is 3.10. The molecule has 0 aromatic carbocycles. The van der Waals surface area contributed by atoms with E-state index in [-0.39, 0.29) is 18.1 Å². The maximum Gasteiger partial charge on any atom is 0.312 e. The van der Waals surface area contributed by atoms with Crippen molar-refractivity contribution in [3.63, 3.8) is 0 Å². The van der Waals surface area contributed by atoms with E-state index in [1.165, 1.54) is 31.0 Å². The smallest absolute Gasteiger partial charge is 0.312 e. The molecule has 1 aliphatic rings. The van der Waals surface area contributed by atoms with Crippen LogP contribution in [0.15, 0.2) is 6.08 Å². The summed E-state index contributed by atoms with van der Waals surface area (Å²) in [6.07, 6.45) is 7.61. The Bertz CT molecular complexity index is 644. The van der Waals surface area contributed by atoms with Gasteiger partial charge in [0.1, 0.15) is 12.2 Å². The largest absolute Gasteiger partial charge is 0.475 e. The molecule has 152 valence electrons. The molecule has 0 radical (unpaired) electrons. The van der Waals surface area contributed by atoms with Gasteiger partial charge in [0.15, 0.2) is 0 Å². The normalized spacial score (nSPS) is 21.0. The zero-order chi connectivity index (χ0) is 19.9. The first-order valence-electron chi connectivity index (χ1n) is 10.1. The molecule has 6 nitrogen and oxygen atoms in total. The van der Waals surface area contributed by atoms with Crippen molar-refractivity contribution in [1.29, 1.82) is 0 Å². The molecule has 0 spiro atoms. The third kappa shape index (κ3) is 6.01. The first-order chi connectivity index (χ1) is 12.9. The number of likely N-dealkylation sites (N-methyl/N-ethyl adjacent to an activating group) is 1. The predicted molar refractivity (Wildman–Crippen MR) is 108 cm³/mol. The highest BCUT2D eigenvalue weighted by atomic mass is 32.1. The van der Waals surface area contributed by atoms with Crippen LogP contribution in [-0.2, 0) is 9.53 Å². The molecule has 0 amide bonds. The molecule has 1 aromatic rings. The molecule has 27 heavy (non-hydrogen) atoms. The van der Waals surface area contributed by atoms with Crippen LogP contribution >= 0.6 is 11.7 Å². The number of nitrogens with zero attached hydrogens (tertiary/aromatic N) is 3. The number of hydrogen-bond acceptors (Lipinski definition) is 6. The van der Waals surface area contributed by atoms with Gasteiger partial charge in [0.25, 0.3) is 5.88 Å². The highest BCUT2D eigenvalue weighted by molar-refractivity contribution is 6.99. The minimum absolute atomic E-state index is 0.116. The van der Waals surface area contributed by atoms with Gasteiger partial charge in [-0.2, -0.15) is 4.37 Å². The summed E-state index contributed by atoms with van der Waals surface area (Å²) in [4.78, 5) is 12.0. The van der Waals surface area contributed by atoms with Crippen molar-refractivity contribution in [2.45, 2.75) is 66.0 Å². The van der Waals surface area contributed by atoms with Crippen molar-refractivity contribution in [1.82, 2.24) is 8.75 Å². The lowest BCUT2D eigenvalue weighted by Crippen LogP contribution is -2.55. The minimum Gasteiger partial charge on any atom is -0.475 e. The van der Waals surface area contributed by atoms with Gasteiger partial charge in [-0.1, -0.05) is 46.1 Å². The summed E-state index contributed by atoms with van der Waals surface area (Å²) in [7, 11) is 2.14. The van der Waals surface area contributed by atoms with Crippen molar-refractivity contribution < 1.29 is 18.8 Å². The zero-order valence-corrected chi connectivity index (χ0v) is 18.2. The van der Waals surface area contributed by atoms with Gasteiger partial charge in [-0.15, -0.1) is 4.37 Å². The predicted octanol–water partition coefficient (Wildman–Crippen LogP) is 4.28. The second-order valence-corrected chi connectivity index (χ2v) is 8.43. The Kier molecular flexibility index (Phi) is 8.23. The Morgan fingerprint density at radius 3 is 2.74 bits per heavy atom. The fourth-order valence-electron chi connectivity index (χ4n) is 3.15. The van der Waals surface area contributed by atoms with Crippen LogP contribution in [0.4, 0.5) is 0 Å². The van der Waals surface area contributed by atoms with Gasteiger partial charge in [0.05, 0.1) is 37.8 Å². The maximum atomic E-state index is 12.0. The lowest BCUT2D eigenvalue weighted by molar-refractivity contribution is -0.944. The van der Waals surface area contributed by atoms with E-state index in [2.05, 4.69) is 28.8 Å². The standard InChI is InChI=1S/C20H34N3O3S/c1-6-7-8-9-13-25-19-18(21-27-22-19)17-11-10-12-23(5,14-17)16(4)26-20(24)15(2)3/h11,15-16H,6-10,12-14H2,1-5H3/q+1/t16-,23?/m0/s1. The SMILES string of the molecule is CCCCCCOc1nsnc1C1=CCC[N+](C)([C@H](C)OC(=O)C(C)C)C1. The van der Waals surface area contributed by atoms with Crippen LogP contribution in [0.3, 0.4) is 0 Å². The Hall–Kier alpha value is -1.47. The first-order valence-corrected chi connectivity index (χ1v) is 10.8. The minimum atomic E-state index is -0.200. The van der Waals surface area contributed by atoms with Crippen LogP contribution < -0.4 is 4.74 Å². The number of quaternary nitrogens is 1. The molecule has 1 unspecified atom stereocenters. The Balaban J connectivity index is 2.00. The van der Waals surface area contributed by atoms with E-state index >= 15 is 0 Å². The molecule has 0 aliphatic carbocycles. The molecule has 0 fully saturated rings. The summed E-state index contributed by atoms with van der Waals surface area (Å²) < 4.78 is 21.1. The monoisotopic (exact) mass is 396 g/mol. The van der Waals surface area contributed by atoms with Gasteiger partial charge in [-0.05, 0) is 6.42 Å². The van der Waals surface area contributed by atoms with Gasteiger partial charge in [0.2, 0.25) is 6.23 Å². The quantitative estimate of drug-likeness (QED) is 0.336. The lowest BCUT2D eigenvalue weighted by Gasteiger charge is -2.41. The number of aromatic nitrogens is 2. The van der Waals surface area contributed by atoms with E-state index in [4.69, 9.17) is 9.47 Å². The molecule has 2 rings (SSSR count). The summed E-state index contributed by atoms with van der Waals surface area (Å²) in [6, 6.07) is 0. The van der Waals surface area contributed by atoms with Gasteiger partial charge >= 0.3 is 5.97 Å². The van der Waals surface area contributed by atoms with Crippen molar-refractivity contribution in [2.24, 2.45) is 5.92 Å². The number of esters is 1. The lowest BCUT2D eigenvalue weighted by atomic mass is 10.0. The number of carbonyl (C=O) groups excluding carboxylic acids is 1. The zero-order valence-electron chi connectivity index (χ0n) is 17.4. The van der Waals surface area contributed by atoms with Crippen LogP contribution in [0.5, 0.6) is 5.88 Å². The number of ether oxygens (including phenoxy) is 2. The van der Waals surface area contributed by atoms with Gasteiger partial charge in [-0.3, -0.25) is 9.28 Å². The molecule has 0 bridgehead atoms. The molecule has 2 atom stereocenters. The molecule has 2 heterocycles. The van der Waals surface area contributed by atoms with Crippen LogP contribution in [0.25, 0.3) is 5.57 Å². The molecular formula is C20H34N3O3S+. The topological polar surface area (TPSA) is 61.3 Å².